The van der Waals surface area contributed by atoms with Crippen LogP contribution in [0.3, 0.4) is 0 Å². The lowest BCUT2D eigenvalue weighted by molar-refractivity contribution is 0.192. The van der Waals surface area contributed by atoms with Gasteiger partial charge in [-0.1, -0.05) is 5.16 Å². The molecule has 1 aliphatic carbocycles. The van der Waals surface area contributed by atoms with E-state index in [2.05, 4.69) is 15.5 Å². The first-order chi connectivity index (χ1) is 9.42. The Morgan fingerprint density at radius 1 is 1.26 bits per heavy atom. The van der Waals surface area contributed by atoms with Crippen molar-refractivity contribution >= 4 is 11.3 Å². The van der Waals surface area contributed by atoms with Crippen LogP contribution in [0, 0.1) is 0 Å². The maximum Gasteiger partial charge on any atom is 0.268 e. The molecule has 4 nitrogen and oxygen atoms in total. The molecule has 0 unspecified atom stereocenters. The first kappa shape index (κ1) is 11.6. The second-order valence-corrected chi connectivity index (χ2v) is 6.17. The molecule has 2 aromatic rings. The van der Waals surface area contributed by atoms with Gasteiger partial charge in [0.1, 0.15) is 0 Å². The lowest BCUT2D eigenvalue weighted by atomic mass is 9.94. The van der Waals surface area contributed by atoms with E-state index in [1.807, 2.05) is 0 Å². The zero-order chi connectivity index (χ0) is 12.7. The molecule has 0 amide bonds. The number of nitrogens with zero attached hydrogens (tertiary/aromatic N) is 2. The predicted octanol–water partition coefficient (Wildman–Crippen LogP) is 3.18. The van der Waals surface area contributed by atoms with Gasteiger partial charge in [0.25, 0.3) is 5.89 Å². The number of thiophene rings is 1. The molecule has 0 aromatic carbocycles. The summed E-state index contributed by atoms with van der Waals surface area (Å²) in [6.45, 7) is 1.53. The first-order valence-electron chi connectivity index (χ1n) is 6.93. The van der Waals surface area contributed by atoms with Crippen LogP contribution in [0.25, 0.3) is 10.8 Å². The van der Waals surface area contributed by atoms with E-state index in [9.17, 15) is 0 Å². The van der Waals surface area contributed by atoms with Gasteiger partial charge in [-0.25, -0.2) is 0 Å². The molecule has 2 aliphatic rings. The van der Waals surface area contributed by atoms with Crippen molar-refractivity contribution in [3.63, 3.8) is 0 Å². The second kappa shape index (κ2) is 4.72. The summed E-state index contributed by atoms with van der Waals surface area (Å²) in [7, 11) is 0. The van der Waals surface area contributed by atoms with E-state index in [1.165, 1.54) is 35.3 Å². The minimum Gasteiger partial charge on any atom is -0.381 e. The molecule has 5 heteroatoms. The van der Waals surface area contributed by atoms with Crippen LogP contribution >= 0.6 is 11.3 Å². The highest BCUT2D eigenvalue weighted by molar-refractivity contribution is 7.13. The second-order valence-electron chi connectivity index (χ2n) is 5.29. The molecule has 1 atom stereocenters. The Morgan fingerprint density at radius 3 is 3.11 bits per heavy atom. The van der Waals surface area contributed by atoms with Crippen LogP contribution in [0.4, 0.5) is 0 Å². The molecule has 3 heterocycles. The fourth-order valence-corrected chi connectivity index (χ4v) is 4.01. The highest BCUT2D eigenvalue weighted by Crippen LogP contribution is 2.37. The van der Waals surface area contributed by atoms with Gasteiger partial charge >= 0.3 is 0 Å². The Kier molecular flexibility index (Phi) is 2.89. The molecular formula is C14H16N2O2S. The Morgan fingerprint density at radius 2 is 2.21 bits per heavy atom. The van der Waals surface area contributed by atoms with Crippen LogP contribution in [-0.4, -0.2) is 23.4 Å². The van der Waals surface area contributed by atoms with Crippen LogP contribution in [0.5, 0.6) is 0 Å². The smallest absolute Gasteiger partial charge is 0.268 e. The van der Waals surface area contributed by atoms with Gasteiger partial charge in [0.2, 0.25) is 0 Å². The van der Waals surface area contributed by atoms with Gasteiger partial charge in [-0.3, -0.25) is 0 Å². The van der Waals surface area contributed by atoms with Crippen molar-refractivity contribution in [1.29, 1.82) is 0 Å². The van der Waals surface area contributed by atoms with Gasteiger partial charge in [-0.05, 0) is 48.6 Å². The average Bonchev–Trinajstić information content (AvgIpc) is 3.18. The minimum atomic E-state index is 0.313. The highest BCUT2D eigenvalue weighted by Gasteiger charge is 2.25. The fourth-order valence-electron chi connectivity index (χ4n) is 2.93. The third-order valence-corrected chi connectivity index (χ3v) is 5.09. The van der Waals surface area contributed by atoms with E-state index in [1.54, 1.807) is 11.3 Å². The Labute approximate surface area is 115 Å². The van der Waals surface area contributed by atoms with Gasteiger partial charge in [-0.15, -0.1) is 11.3 Å². The van der Waals surface area contributed by atoms with Gasteiger partial charge < -0.3 is 9.26 Å². The SMILES string of the molecule is c1sc(-c2nc([C@@H]3CCOC3)no2)c2c1CCCC2. The Bertz CT molecular complexity index is 584. The maximum absolute atomic E-state index is 5.48. The van der Waals surface area contributed by atoms with E-state index < -0.39 is 0 Å². The highest BCUT2D eigenvalue weighted by atomic mass is 32.1. The van der Waals surface area contributed by atoms with Crippen molar-refractivity contribution in [3.8, 4) is 10.8 Å². The Balaban J connectivity index is 1.67. The van der Waals surface area contributed by atoms with E-state index in [0.717, 1.165) is 31.9 Å². The number of ether oxygens (including phenoxy) is 1. The summed E-state index contributed by atoms with van der Waals surface area (Å²) >= 11 is 1.75. The van der Waals surface area contributed by atoms with Gasteiger partial charge in [0, 0.05) is 12.5 Å². The quantitative estimate of drug-likeness (QED) is 0.845. The first-order valence-corrected chi connectivity index (χ1v) is 7.81. The lowest BCUT2D eigenvalue weighted by Crippen LogP contribution is -2.01. The number of fused-ring (bicyclic) bond motifs is 1. The molecular weight excluding hydrogens is 260 g/mol. The normalized spacial score (nSPS) is 22.6. The predicted molar refractivity (Wildman–Crippen MR) is 72.4 cm³/mol. The molecule has 4 rings (SSSR count). The van der Waals surface area contributed by atoms with E-state index in [-0.39, 0.29) is 0 Å². The number of aromatic nitrogens is 2. The van der Waals surface area contributed by atoms with E-state index >= 15 is 0 Å². The van der Waals surface area contributed by atoms with Crippen molar-refractivity contribution in [3.05, 3.63) is 22.3 Å². The summed E-state index contributed by atoms with van der Waals surface area (Å²) in [5.74, 6) is 1.83. The van der Waals surface area contributed by atoms with Crippen molar-refractivity contribution < 1.29 is 9.26 Å². The number of hydrogen-bond acceptors (Lipinski definition) is 5. The minimum absolute atomic E-state index is 0.313. The number of hydrogen-bond donors (Lipinski definition) is 0. The zero-order valence-electron chi connectivity index (χ0n) is 10.7. The van der Waals surface area contributed by atoms with E-state index in [4.69, 9.17) is 9.26 Å². The number of aryl methyl sites for hydroxylation is 1. The van der Waals surface area contributed by atoms with Crippen molar-refractivity contribution in [1.82, 2.24) is 10.1 Å². The zero-order valence-corrected chi connectivity index (χ0v) is 11.5. The summed E-state index contributed by atoms with van der Waals surface area (Å²) in [4.78, 5) is 5.78. The summed E-state index contributed by atoms with van der Waals surface area (Å²) in [6.07, 6.45) is 5.93. The molecule has 1 saturated heterocycles. The standard InChI is InChI=1S/C14H16N2O2S/c1-2-4-11-10(3-1)8-19-12(11)14-15-13(16-18-14)9-5-6-17-7-9/h8-9H,1-7H2/t9-/m1/s1. The van der Waals surface area contributed by atoms with Crippen LogP contribution in [-0.2, 0) is 17.6 Å². The van der Waals surface area contributed by atoms with Crippen LogP contribution in [0.2, 0.25) is 0 Å². The third kappa shape index (κ3) is 2.01. The molecule has 0 spiro atoms. The topological polar surface area (TPSA) is 48.2 Å². The monoisotopic (exact) mass is 276 g/mol. The van der Waals surface area contributed by atoms with E-state index in [0.29, 0.717) is 11.8 Å². The summed E-state index contributed by atoms with van der Waals surface area (Å²) in [6, 6.07) is 0. The summed E-state index contributed by atoms with van der Waals surface area (Å²) in [5, 5.41) is 6.40. The number of rotatable bonds is 2. The molecule has 0 saturated carbocycles. The summed E-state index contributed by atoms with van der Waals surface area (Å²) < 4.78 is 10.9. The summed E-state index contributed by atoms with van der Waals surface area (Å²) in [5.41, 5.74) is 2.92. The fraction of sp³-hybridized carbons (Fsp3) is 0.571. The van der Waals surface area contributed by atoms with Gasteiger partial charge in [0.05, 0.1) is 11.5 Å². The van der Waals surface area contributed by atoms with Crippen LogP contribution < -0.4 is 0 Å². The van der Waals surface area contributed by atoms with Crippen molar-refractivity contribution in [2.24, 2.45) is 0 Å². The van der Waals surface area contributed by atoms with Gasteiger partial charge in [-0.2, -0.15) is 4.98 Å². The average molecular weight is 276 g/mol. The third-order valence-electron chi connectivity index (χ3n) is 4.03. The molecule has 0 bridgehead atoms. The largest absolute Gasteiger partial charge is 0.381 e. The van der Waals surface area contributed by atoms with Crippen LogP contribution in [0.15, 0.2) is 9.90 Å². The van der Waals surface area contributed by atoms with Gasteiger partial charge in [0.15, 0.2) is 5.82 Å². The van der Waals surface area contributed by atoms with Crippen molar-refractivity contribution in [2.75, 3.05) is 13.2 Å². The molecule has 19 heavy (non-hydrogen) atoms. The van der Waals surface area contributed by atoms with Crippen LogP contribution in [0.1, 0.15) is 42.1 Å². The Hall–Kier alpha value is -1.20. The van der Waals surface area contributed by atoms with Crippen molar-refractivity contribution in [2.45, 2.75) is 38.0 Å². The molecule has 1 aliphatic heterocycles. The lowest BCUT2D eigenvalue weighted by Gasteiger charge is -2.11. The molecule has 1 fully saturated rings. The molecule has 0 N–H and O–H groups in total. The molecule has 2 aromatic heterocycles. The molecule has 100 valence electrons. The molecule has 0 radical (unpaired) electrons. The maximum atomic E-state index is 5.48.